The number of halogens is 1. The second-order valence-corrected chi connectivity index (χ2v) is 4.98. The van der Waals surface area contributed by atoms with E-state index in [0.29, 0.717) is 5.41 Å². The lowest BCUT2D eigenvalue weighted by Crippen LogP contribution is -2.27. The Labute approximate surface area is 94.0 Å². The van der Waals surface area contributed by atoms with Crippen molar-refractivity contribution in [2.75, 3.05) is 13.1 Å². The van der Waals surface area contributed by atoms with E-state index in [1.54, 1.807) is 0 Å². The third-order valence-corrected chi connectivity index (χ3v) is 3.91. The molecule has 1 atom stereocenters. The van der Waals surface area contributed by atoms with Gasteiger partial charge in [0.25, 0.3) is 0 Å². The first-order valence-electron chi connectivity index (χ1n) is 5.24. The van der Waals surface area contributed by atoms with Crippen LogP contribution in [-0.4, -0.2) is 13.1 Å². The Bertz CT molecular complexity index is 299. The van der Waals surface area contributed by atoms with Gasteiger partial charge in [-0.3, -0.25) is 0 Å². The summed E-state index contributed by atoms with van der Waals surface area (Å²) in [7, 11) is 0. The van der Waals surface area contributed by atoms with Gasteiger partial charge in [-0.15, -0.1) is 0 Å². The SMILES string of the molecule is CCC1(c2ccc(Br)cc2)CCNC1. The van der Waals surface area contributed by atoms with Crippen LogP contribution in [0.3, 0.4) is 0 Å². The van der Waals surface area contributed by atoms with E-state index in [1.807, 2.05) is 0 Å². The Hall–Kier alpha value is -0.340. The normalized spacial score (nSPS) is 26.7. The lowest BCUT2D eigenvalue weighted by molar-refractivity contribution is 0.454. The molecule has 1 saturated heterocycles. The molecule has 0 bridgehead atoms. The molecular weight excluding hydrogens is 238 g/mol. The number of rotatable bonds is 2. The molecule has 0 aliphatic carbocycles. The predicted octanol–water partition coefficient (Wildman–Crippen LogP) is 3.09. The summed E-state index contributed by atoms with van der Waals surface area (Å²) in [6, 6.07) is 8.79. The Balaban J connectivity index is 2.31. The number of hydrogen-bond donors (Lipinski definition) is 1. The van der Waals surface area contributed by atoms with E-state index in [2.05, 4.69) is 52.4 Å². The molecule has 1 nitrogen and oxygen atoms in total. The van der Waals surface area contributed by atoms with Crippen molar-refractivity contribution in [1.82, 2.24) is 5.32 Å². The van der Waals surface area contributed by atoms with Gasteiger partial charge in [0, 0.05) is 16.4 Å². The van der Waals surface area contributed by atoms with Gasteiger partial charge in [-0.1, -0.05) is 35.0 Å². The van der Waals surface area contributed by atoms with Gasteiger partial charge in [0.05, 0.1) is 0 Å². The maximum Gasteiger partial charge on any atom is 0.0175 e. The molecule has 1 unspecified atom stereocenters. The molecule has 14 heavy (non-hydrogen) atoms. The monoisotopic (exact) mass is 253 g/mol. The summed E-state index contributed by atoms with van der Waals surface area (Å²) in [4.78, 5) is 0. The first kappa shape index (κ1) is 10.2. The maximum atomic E-state index is 3.48. The average Bonchev–Trinajstić information content (AvgIpc) is 2.68. The molecule has 0 saturated carbocycles. The number of hydrogen-bond acceptors (Lipinski definition) is 1. The van der Waals surface area contributed by atoms with Crippen LogP contribution >= 0.6 is 15.9 Å². The predicted molar refractivity (Wildman–Crippen MR) is 63.6 cm³/mol. The van der Waals surface area contributed by atoms with Crippen LogP contribution in [0.2, 0.25) is 0 Å². The van der Waals surface area contributed by atoms with Gasteiger partial charge in [-0.05, 0) is 37.1 Å². The van der Waals surface area contributed by atoms with E-state index in [-0.39, 0.29) is 0 Å². The third-order valence-electron chi connectivity index (χ3n) is 3.38. The standard InChI is InChI=1S/C12H16BrN/c1-2-12(7-8-14-9-12)10-3-5-11(13)6-4-10/h3-6,14H,2,7-9H2,1H3. The second-order valence-electron chi connectivity index (χ2n) is 4.07. The highest BCUT2D eigenvalue weighted by molar-refractivity contribution is 9.10. The largest absolute Gasteiger partial charge is 0.316 e. The zero-order valence-corrected chi connectivity index (χ0v) is 10.1. The fraction of sp³-hybridized carbons (Fsp3) is 0.500. The van der Waals surface area contributed by atoms with Gasteiger partial charge in [0.15, 0.2) is 0 Å². The first-order chi connectivity index (χ1) is 6.77. The Morgan fingerprint density at radius 3 is 2.57 bits per heavy atom. The van der Waals surface area contributed by atoms with Crippen molar-refractivity contribution in [1.29, 1.82) is 0 Å². The molecule has 1 aliphatic heterocycles. The highest BCUT2D eigenvalue weighted by Gasteiger charge is 2.33. The van der Waals surface area contributed by atoms with E-state index in [1.165, 1.54) is 22.9 Å². The van der Waals surface area contributed by atoms with E-state index >= 15 is 0 Å². The molecule has 0 radical (unpaired) electrons. The molecule has 2 heteroatoms. The van der Waals surface area contributed by atoms with Crippen molar-refractivity contribution in [3.8, 4) is 0 Å². The average molecular weight is 254 g/mol. The molecule has 1 fully saturated rings. The van der Waals surface area contributed by atoms with Gasteiger partial charge < -0.3 is 5.32 Å². The van der Waals surface area contributed by atoms with Crippen LogP contribution in [0.4, 0.5) is 0 Å². The summed E-state index contributed by atoms with van der Waals surface area (Å²) >= 11 is 3.48. The lowest BCUT2D eigenvalue weighted by Gasteiger charge is -2.27. The van der Waals surface area contributed by atoms with E-state index in [0.717, 1.165) is 13.1 Å². The van der Waals surface area contributed by atoms with Crippen LogP contribution in [-0.2, 0) is 5.41 Å². The Kier molecular flexibility index (Phi) is 2.93. The van der Waals surface area contributed by atoms with Crippen molar-refractivity contribution >= 4 is 15.9 Å². The van der Waals surface area contributed by atoms with Crippen molar-refractivity contribution in [2.24, 2.45) is 0 Å². The van der Waals surface area contributed by atoms with E-state index in [9.17, 15) is 0 Å². The minimum atomic E-state index is 0.390. The van der Waals surface area contributed by atoms with Crippen LogP contribution < -0.4 is 5.32 Å². The quantitative estimate of drug-likeness (QED) is 0.855. The fourth-order valence-corrected chi connectivity index (χ4v) is 2.56. The topological polar surface area (TPSA) is 12.0 Å². The highest BCUT2D eigenvalue weighted by atomic mass is 79.9. The molecule has 0 spiro atoms. The summed E-state index contributed by atoms with van der Waals surface area (Å²) in [5.74, 6) is 0. The maximum absolute atomic E-state index is 3.48. The van der Waals surface area contributed by atoms with Crippen LogP contribution in [0.5, 0.6) is 0 Å². The minimum Gasteiger partial charge on any atom is -0.316 e. The third kappa shape index (κ3) is 1.73. The Morgan fingerprint density at radius 1 is 1.36 bits per heavy atom. The molecule has 0 amide bonds. The summed E-state index contributed by atoms with van der Waals surface area (Å²) in [6.45, 7) is 4.57. The lowest BCUT2D eigenvalue weighted by atomic mass is 9.77. The molecule has 1 heterocycles. The van der Waals surface area contributed by atoms with Crippen LogP contribution in [0, 0.1) is 0 Å². The summed E-state index contributed by atoms with van der Waals surface area (Å²) in [5.41, 5.74) is 1.87. The van der Waals surface area contributed by atoms with Gasteiger partial charge in [-0.25, -0.2) is 0 Å². The summed E-state index contributed by atoms with van der Waals surface area (Å²) in [5, 5.41) is 3.47. The van der Waals surface area contributed by atoms with Gasteiger partial charge in [0.2, 0.25) is 0 Å². The van der Waals surface area contributed by atoms with Gasteiger partial charge >= 0.3 is 0 Å². The zero-order chi connectivity index (χ0) is 10.0. The fourth-order valence-electron chi connectivity index (χ4n) is 2.30. The summed E-state index contributed by atoms with van der Waals surface area (Å²) in [6.07, 6.45) is 2.49. The van der Waals surface area contributed by atoms with E-state index < -0.39 is 0 Å². The van der Waals surface area contributed by atoms with Crippen LogP contribution in [0.15, 0.2) is 28.7 Å². The van der Waals surface area contributed by atoms with Crippen molar-refractivity contribution in [2.45, 2.75) is 25.2 Å². The second kappa shape index (κ2) is 4.03. The summed E-state index contributed by atoms with van der Waals surface area (Å²) < 4.78 is 1.17. The van der Waals surface area contributed by atoms with Gasteiger partial charge in [-0.2, -0.15) is 0 Å². The molecule has 1 aliphatic rings. The van der Waals surface area contributed by atoms with Crippen LogP contribution in [0.25, 0.3) is 0 Å². The van der Waals surface area contributed by atoms with Gasteiger partial charge in [0.1, 0.15) is 0 Å². The molecule has 76 valence electrons. The zero-order valence-electron chi connectivity index (χ0n) is 8.52. The molecule has 1 aromatic carbocycles. The molecular formula is C12H16BrN. The van der Waals surface area contributed by atoms with Crippen molar-refractivity contribution < 1.29 is 0 Å². The molecule has 1 aromatic rings. The minimum absolute atomic E-state index is 0.390. The molecule has 2 rings (SSSR count). The smallest absolute Gasteiger partial charge is 0.0175 e. The first-order valence-corrected chi connectivity index (χ1v) is 6.03. The van der Waals surface area contributed by atoms with Crippen molar-refractivity contribution in [3.63, 3.8) is 0 Å². The Morgan fingerprint density at radius 2 is 2.07 bits per heavy atom. The molecule has 0 aromatic heterocycles. The number of nitrogens with one attached hydrogen (secondary N) is 1. The van der Waals surface area contributed by atoms with Crippen LogP contribution in [0.1, 0.15) is 25.3 Å². The van der Waals surface area contributed by atoms with Crippen molar-refractivity contribution in [3.05, 3.63) is 34.3 Å². The van der Waals surface area contributed by atoms with E-state index in [4.69, 9.17) is 0 Å². The number of benzene rings is 1. The highest BCUT2D eigenvalue weighted by Crippen LogP contribution is 2.34. The molecule has 1 N–H and O–H groups in total.